The molecule has 1 aliphatic rings. The Morgan fingerprint density at radius 3 is 2.52 bits per heavy atom. The molecule has 2 aromatic rings. The highest BCUT2D eigenvalue weighted by Gasteiger charge is 2.31. The highest BCUT2D eigenvalue weighted by Crippen LogP contribution is 2.32. The van der Waals surface area contributed by atoms with E-state index in [1.807, 2.05) is 0 Å². The van der Waals surface area contributed by atoms with Crippen molar-refractivity contribution >= 4 is 27.3 Å². The van der Waals surface area contributed by atoms with Gasteiger partial charge in [0, 0.05) is 19.2 Å². The lowest BCUT2D eigenvalue weighted by Gasteiger charge is -2.30. The molecule has 3 rings (SSSR count). The summed E-state index contributed by atoms with van der Waals surface area (Å²) in [6, 6.07) is 9.90. The number of sulfonamides is 1. The number of para-hydroxylation sites is 1. The molecule has 1 N–H and O–H groups in total. The largest absolute Gasteiger partial charge is 0.493 e. The summed E-state index contributed by atoms with van der Waals surface area (Å²) in [5.41, 5.74) is -0.0758. The van der Waals surface area contributed by atoms with Gasteiger partial charge in [0.25, 0.3) is 11.6 Å². The van der Waals surface area contributed by atoms with Crippen LogP contribution in [0.3, 0.4) is 0 Å². The predicted molar refractivity (Wildman–Crippen MR) is 122 cm³/mol. The fourth-order valence-corrected chi connectivity index (χ4v) is 5.37. The Balaban J connectivity index is 1.74. The number of methoxy groups -OCH3 is 1. The van der Waals surface area contributed by atoms with E-state index in [9.17, 15) is 23.3 Å². The summed E-state index contributed by atoms with van der Waals surface area (Å²) in [6.07, 6.45) is 4.70. The predicted octanol–water partition coefficient (Wildman–Crippen LogP) is 3.57. The fraction of sp³-hybridized carbons (Fsp3) is 0.409. The lowest BCUT2D eigenvalue weighted by Crippen LogP contribution is -2.38. The average Bonchev–Trinajstić information content (AvgIpc) is 2.82. The molecule has 33 heavy (non-hydrogen) atoms. The number of carbonyl (C=O) groups is 1. The summed E-state index contributed by atoms with van der Waals surface area (Å²) in [5, 5.41) is 13.6. The highest BCUT2D eigenvalue weighted by molar-refractivity contribution is 7.89. The lowest BCUT2D eigenvalue weighted by atomic mass is 9.96. The summed E-state index contributed by atoms with van der Waals surface area (Å²) >= 11 is 0. The van der Waals surface area contributed by atoms with Crippen LogP contribution in [0.5, 0.6) is 11.5 Å². The molecule has 0 aromatic heterocycles. The van der Waals surface area contributed by atoms with Crippen LogP contribution in [0.4, 0.5) is 11.4 Å². The molecule has 0 heterocycles. The van der Waals surface area contributed by atoms with Crippen molar-refractivity contribution in [1.82, 2.24) is 4.31 Å². The summed E-state index contributed by atoms with van der Waals surface area (Å²) in [6.45, 7) is -0.496. The molecule has 0 saturated heterocycles. The number of rotatable bonds is 9. The molecule has 1 fully saturated rings. The van der Waals surface area contributed by atoms with Crippen molar-refractivity contribution < 1.29 is 27.6 Å². The van der Waals surface area contributed by atoms with Crippen LogP contribution in [0.2, 0.25) is 0 Å². The third-order valence-electron chi connectivity index (χ3n) is 5.62. The Kier molecular flexibility index (Phi) is 7.88. The maximum absolute atomic E-state index is 13.3. The van der Waals surface area contributed by atoms with Gasteiger partial charge in [-0.3, -0.25) is 14.9 Å². The Labute approximate surface area is 192 Å². The molecule has 11 heteroatoms. The quantitative estimate of drug-likeness (QED) is 0.432. The number of anilines is 1. The van der Waals surface area contributed by atoms with E-state index in [1.165, 1.54) is 35.7 Å². The fourth-order valence-electron chi connectivity index (χ4n) is 3.81. The monoisotopic (exact) mass is 477 g/mol. The first-order chi connectivity index (χ1) is 15.7. The van der Waals surface area contributed by atoms with Crippen LogP contribution < -0.4 is 14.8 Å². The van der Waals surface area contributed by atoms with Crippen LogP contribution in [0, 0.1) is 10.1 Å². The van der Waals surface area contributed by atoms with Gasteiger partial charge in [-0.25, -0.2) is 8.42 Å². The number of carbonyl (C=O) groups excluding carboxylic acids is 1. The van der Waals surface area contributed by atoms with Crippen LogP contribution >= 0.6 is 0 Å². The smallest absolute Gasteiger partial charge is 0.273 e. The van der Waals surface area contributed by atoms with Crippen molar-refractivity contribution in [2.75, 3.05) is 26.1 Å². The average molecular weight is 478 g/mol. The minimum Gasteiger partial charge on any atom is -0.493 e. The van der Waals surface area contributed by atoms with Crippen molar-refractivity contribution in [2.45, 2.75) is 43.0 Å². The van der Waals surface area contributed by atoms with Gasteiger partial charge < -0.3 is 14.8 Å². The van der Waals surface area contributed by atoms with E-state index in [4.69, 9.17) is 9.47 Å². The lowest BCUT2D eigenvalue weighted by molar-refractivity contribution is -0.385. The molecule has 0 bridgehead atoms. The van der Waals surface area contributed by atoms with Crippen LogP contribution in [0.15, 0.2) is 47.4 Å². The number of hydrogen-bond donors (Lipinski definition) is 1. The molecule has 0 atom stereocenters. The summed E-state index contributed by atoms with van der Waals surface area (Å²) < 4.78 is 38.4. The van der Waals surface area contributed by atoms with Crippen LogP contribution in [0.1, 0.15) is 32.1 Å². The third kappa shape index (κ3) is 5.79. The molecule has 2 aromatic carbocycles. The number of nitrogens with zero attached hydrogens (tertiary/aromatic N) is 2. The maximum atomic E-state index is 13.3. The van der Waals surface area contributed by atoms with E-state index in [0.717, 1.165) is 38.2 Å². The van der Waals surface area contributed by atoms with E-state index >= 15 is 0 Å². The topological polar surface area (TPSA) is 128 Å². The number of benzene rings is 2. The minimum absolute atomic E-state index is 0.000599. The zero-order valence-corrected chi connectivity index (χ0v) is 19.3. The number of amides is 1. The number of nitrogens with one attached hydrogen (secondary N) is 1. The van der Waals surface area contributed by atoms with Crippen LogP contribution in [-0.2, 0) is 14.8 Å². The van der Waals surface area contributed by atoms with E-state index in [2.05, 4.69) is 5.32 Å². The Morgan fingerprint density at radius 2 is 1.85 bits per heavy atom. The van der Waals surface area contributed by atoms with E-state index < -0.39 is 27.5 Å². The van der Waals surface area contributed by atoms with E-state index in [0.29, 0.717) is 0 Å². The molecule has 0 unspecified atom stereocenters. The second-order valence-corrected chi connectivity index (χ2v) is 9.70. The summed E-state index contributed by atoms with van der Waals surface area (Å²) in [5.74, 6) is -0.364. The zero-order chi connectivity index (χ0) is 24.0. The first-order valence-corrected chi connectivity index (χ1v) is 12.0. The second kappa shape index (κ2) is 10.6. The van der Waals surface area contributed by atoms with Crippen molar-refractivity contribution in [3.05, 3.63) is 52.6 Å². The number of hydrogen-bond acceptors (Lipinski definition) is 7. The first-order valence-electron chi connectivity index (χ1n) is 10.6. The Bertz CT molecular complexity index is 1110. The van der Waals surface area contributed by atoms with Gasteiger partial charge in [-0.2, -0.15) is 4.31 Å². The standard InChI is InChI=1S/C22H27N3O7S/c1-24(16-8-4-3-5-9-16)33(29,30)21-11-7-6-10-18(21)23-22(26)15-32-20-14-17(25(27)28)12-13-19(20)31-2/h6-7,10-14,16H,3-5,8-9,15H2,1-2H3,(H,23,26). The molecular formula is C22H27N3O7S. The second-order valence-electron chi connectivity index (χ2n) is 7.74. The van der Waals surface area contributed by atoms with E-state index in [1.54, 1.807) is 19.2 Å². The Morgan fingerprint density at radius 1 is 1.15 bits per heavy atom. The molecule has 1 saturated carbocycles. The maximum Gasteiger partial charge on any atom is 0.273 e. The highest BCUT2D eigenvalue weighted by atomic mass is 32.2. The SMILES string of the molecule is COc1ccc([N+](=O)[O-])cc1OCC(=O)Nc1ccccc1S(=O)(=O)N(C)C1CCCCC1. The molecule has 10 nitrogen and oxygen atoms in total. The molecule has 1 aliphatic carbocycles. The number of nitro benzene ring substituents is 1. The van der Waals surface area contributed by atoms with Crippen molar-refractivity contribution in [2.24, 2.45) is 0 Å². The van der Waals surface area contributed by atoms with Gasteiger partial charge in [0.15, 0.2) is 18.1 Å². The number of ether oxygens (including phenoxy) is 2. The van der Waals surface area contributed by atoms with Gasteiger partial charge >= 0.3 is 0 Å². The van der Waals surface area contributed by atoms with Gasteiger partial charge in [0.05, 0.1) is 23.8 Å². The van der Waals surface area contributed by atoms with Crippen molar-refractivity contribution in [1.29, 1.82) is 0 Å². The summed E-state index contributed by atoms with van der Waals surface area (Å²) in [4.78, 5) is 22.9. The third-order valence-corrected chi connectivity index (χ3v) is 7.59. The summed E-state index contributed by atoms with van der Waals surface area (Å²) in [7, 11) is -0.881. The van der Waals surface area contributed by atoms with Crippen LogP contribution in [-0.4, -0.2) is 50.4 Å². The zero-order valence-electron chi connectivity index (χ0n) is 18.5. The van der Waals surface area contributed by atoms with Gasteiger partial charge in [-0.05, 0) is 31.0 Å². The van der Waals surface area contributed by atoms with Gasteiger partial charge in [0.1, 0.15) is 4.90 Å². The van der Waals surface area contributed by atoms with Crippen molar-refractivity contribution in [3.8, 4) is 11.5 Å². The number of non-ortho nitro benzene ring substituents is 1. The molecule has 1 amide bonds. The Hall–Kier alpha value is -3.18. The van der Waals surface area contributed by atoms with Gasteiger partial charge in [-0.15, -0.1) is 0 Å². The van der Waals surface area contributed by atoms with Crippen LogP contribution in [0.25, 0.3) is 0 Å². The molecule has 0 aliphatic heterocycles. The molecule has 0 radical (unpaired) electrons. The minimum atomic E-state index is -3.82. The van der Waals surface area contributed by atoms with E-state index in [-0.39, 0.29) is 33.8 Å². The molecular weight excluding hydrogens is 450 g/mol. The number of nitro groups is 1. The first kappa shape index (κ1) is 24.5. The normalized spacial score (nSPS) is 14.6. The van der Waals surface area contributed by atoms with Gasteiger partial charge in [0.2, 0.25) is 10.0 Å². The van der Waals surface area contributed by atoms with Gasteiger partial charge in [-0.1, -0.05) is 31.4 Å². The van der Waals surface area contributed by atoms with Crippen molar-refractivity contribution in [3.63, 3.8) is 0 Å². The molecule has 0 spiro atoms. The molecule has 178 valence electrons.